The van der Waals surface area contributed by atoms with Gasteiger partial charge in [0.1, 0.15) is 0 Å². The molecule has 0 saturated heterocycles. The molecular formula is C12H15F3N2O2. The van der Waals surface area contributed by atoms with Crippen LogP contribution in [-0.2, 0) is 12.7 Å². The Balaban J connectivity index is 2.44. The summed E-state index contributed by atoms with van der Waals surface area (Å²) >= 11 is 0. The maximum absolute atomic E-state index is 12.3. The molecule has 0 aliphatic carbocycles. The fraction of sp³-hybridized carbons (Fsp3) is 0.417. The van der Waals surface area contributed by atoms with Crippen molar-refractivity contribution in [2.45, 2.75) is 25.7 Å². The van der Waals surface area contributed by atoms with E-state index in [4.69, 9.17) is 5.11 Å². The first-order chi connectivity index (χ1) is 8.79. The number of aliphatic hydroxyl groups excluding tert-OH is 1. The van der Waals surface area contributed by atoms with E-state index in [1.807, 2.05) is 0 Å². The van der Waals surface area contributed by atoms with Crippen LogP contribution in [0.3, 0.4) is 0 Å². The van der Waals surface area contributed by atoms with Crippen LogP contribution in [0, 0.1) is 0 Å². The van der Waals surface area contributed by atoms with Gasteiger partial charge in [-0.15, -0.1) is 0 Å². The Hall–Kier alpha value is -1.76. The highest BCUT2D eigenvalue weighted by molar-refractivity contribution is 5.73. The SMILES string of the molecule is CC(O)CNC(=O)NCc1ccc(C(F)(F)F)cc1. The molecule has 2 amide bonds. The second kappa shape index (κ2) is 6.42. The van der Waals surface area contributed by atoms with Crippen LogP contribution in [0.5, 0.6) is 0 Å². The van der Waals surface area contributed by atoms with Crippen LogP contribution in [0.25, 0.3) is 0 Å². The Bertz CT molecular complexity index is 416. The van der Waals surface area contributed by atoms with E-state index < -0.39 is 23.9 Å². The third-order valence-electron chi connectivity index (χ3n) is 2.29. The van der Waals surface area contributed by atoms with Gasteiger partial charge in [0, 0.05) is 13.1 Å². The van der Waals surface area contributed by atoms with E-state index in [2.05, 4.69) is 10.6 Å². The van der Waals surface area contributed by atoms with Gasteiger partial charge in [-0.3, -0.25) is 0 Å². The van der Waals surface area contributed by atoms with Crippen molar-refractivity contribution in [1.29, 1.82) is 0 Å². The van der Waals surface area contributed by atoms with E-state index in [1.54, 1.807) is 0 Å². The molecule has 0 radical (unpaired) electrons. The van der Waals surface area contributed by atoms with Crippen molar-refractivity contribution in [2.24, 2.45) is 0 Å². The molecule has 19 heavy (non-hydrogen) atoms. The van der Waals surface area contributed by atoms with Crippen LogP contribution >= 0.6 is 0 Å². The second-order valence-electron chi connectivity index (χ2n) is 4.11. The molecule has 4 nitrogen and oxygen atoms in total. The van der Waals surface area contributed by atoms with Gasteiger partial charge in [-0.05, 0) is 24.6 Å². The average Bonchev–Trinajstić information content (AvgIpc) is 2.33. The van der Waals surface area contributed by atoms with Gasteiger partial charge in [0.2, 0.25) is 0 Å². The first kappa shape index (κ1) is 15.3. The fourth-order valence-corrected chi connectivity index (χ4v) is 1.30. The highest BCUT2D eigenvalue weighted by Gasteiger charge is 2.29. The monoisotopic (exact) mass is 276 g/mol. The summed E-state index contributed by atoms with van der Waals surface area (Å²) < 4.78 is 36.9. The number of urea groups is 1. The third-order valence-corrected chi connectivity index (χ3v) is 2.29. The number of amides is 2. The Kier molecular flexibility index (Phi) is 5.17. The fourth-order valence-electron chi connectivity index (χ4n) is 1.30. The Morgan fingerprint density at radius 3 is 2.32 bits per heavy atom. The number of alkyl halides is 3. The molecule has 0 bridgehead atoms. The van der Waals surface area contributed by atoms with Crippen LogP contribution < -0.4 is 10.6 Å². The standard InChI is InChI=1S/C12H15F3N2O2/c1-8(18)6-16-11(19)17-7-9-2-4-10(5-3-9)12(13,14)15/h2-5,8,18H,6-7H2,1H3,(H2,16,17,19). The molecule has 0 aromatic heterocycles. The summed E-state index contributed by atoms with van der Waals surface area (Å²) in [5, 5.41) is 13.8. The van der Waals surface area contributed by atoms with E-state index in [1.165, 1.54) is 19.1 Å². The lowest BCUT2D eigenvalue weighted by Crippen LogP contribution is -2.38. The van der Waals surface area contributed by atoms with Crippen molar-refractivity contribution < 1.29 is 23.1 Å². The summed E-state index contributed by atoms with van der Waals surface area (Å²) in [6, 6.07) is 4.05. The largest absolute Gasteiger partial charge is 0.416 e. The Morgan fingerprint density at radius 1 is 1.26 bits per heavy atom. The summed E-state index contributed by atoms with van der Waals surface area (Å²) in [5.74, 6) is 0. The smallest absolute Gasteiger partial charge is 0.392 e. The Labute approximate surface area is 108 Å². The summed E-state index contributed by atoms with van der Waals surface area (Å²) in [6.07, 6.45) is -5.02. The van der Waals surface area contributed by atoms with Crippen molar-refractivity contribution in [3.63, 3.8) is 0 Å². The van der Waals surface area contributed by atoms with Gasteiger partial charge in [0.25, 0.3) is 0 Å². The topological polar surface area (TPSA) is 61.4 Å². The minimum Gasteiger partial charge on any atom is -0.392 e. The van der Waals surface area contributed by atoms with E-state index in [9.17, 15) is 18.0 Å². The number of benzene rings is 1. The van der Waals surface area contributed by atoms with Crippen molar-refractivity contribution >= 4 is 6.03 Å². The molecule has 0 fully saturated rings. The van der Waals surface area contributed by atoms with Crippen LogP contribution in [0.2, 0.25) is 0 Å². The number of hydrogen-bond acceptors (Lipinski definition) is 2. The first-order valence-electron chi connectivity index (χ1n) is 5.65. The number of halogens is 3. The molecular weight excluding hydrogens is 261 g/mol. The minimum absolute atomic E-state index is 0.110. The van der Waals surface area contributed by atoms with Gasteiger partial charge in [0.05, 0.1) is 11.7 Å². The van der Waals surface area contributed by atoms with Gasteiger partial charge in [-0.25, -0.2) is 4.79 Å². The predicted molar refractivity (Wildman–Crippen MR) is 63.4 cm³/mol. The van der Waals surface area contributed by atoms with Gasteiger partial charge in [-0.1, -0.05) is 12.1 Å². The van der Waals surface area contributed by atoms with Gasteiger partial charge >= 0.3 is 12.2 Å². The molecule has 1 unspecified atom stereocenters. The summed E-state index contributed by atoms with van der Waals surface area (Å²) in [5.41, 5.74) is -0.171. The van der Waals surface area contributed by atoms with Crippen molar-refractivity contribution in [3.8, 4) is 0 Å². The van der Waals surface area contributed by atoms with E-state index >= 15 is 0 Å². The molecule has 0 spiro atoms. The van der Waals surface area contributed by atoms with Crippen LogP contribution in [0.1, 0.15) is 18.1 Å². The molecule has 1 rings (SSSR count). The molecule has 106 valence electrons. The minimum atomic E-state index is -4.36. The lowest BCUT2D eigenvalue weighted by molar-refractivity contribution is -0.137. The first-order valence-corrected chi connectivity index (χ1v) is 5.65. The zero-order valence-corrected chi connectivity index (χ0v) is 10.3. The Morgan fingerprint density at radius 2 is 1.84 bits per heavy atom. The molecule has 0 saturated carbocycles. The lowest BCUT2D eigenvalue weighted by atomic mass is 10.1. The van der Waals surface area contributed by atoms with E-state index in [0.717, 1.165) is 12.1 Å². The summed E-state index contributed by atoms with van der Waals surface area (Å²) in [4.78, 5) is 11.2. The summed E-state index contributed by atoms with van der Waals surface area (Å²) in [6.45, 7) is 1.75. The second-order valence-corrected chi connectivity index (χ2v) is 4.11. The van der Waals surface area contributed by atoms with Gasteiger partial charge in [0.15, 0.2) is 0 Å². The van der Waals surface area contributed by atoms with Crippen molar-refractivity contribution in [2.75, 3.05) is 6.54 Å². The number of rotatable bonds is 4. The molecule has 0 heterocycles. The van der Waals surface area contributed by atoms with E-state index in [-0.39, 0.29) is 13.1 Å². The molecule has 3 N–H and O–H groups in total. The normalized spacial score (nSPS) is 12.9. The zero-order valence-electron chi connectivity index (χ0n) is 10.3. The summed E-state index contributed by atoms with van der Waals surface area (Å²) in [7, 11) is 0. The van der Waals surface area contributed by atoms with E-state index in [0.29, 0.717) is 5.56 Å². The number of nitrogens with one attached hydrogen (secondary N) is 2. The average molecular weight is 276 g/mol. The predicted octanol–water partition coefficient (Wildman–Crippen LogP) is 1.89. The number of aliphatic hydroxyl groups is 1. The highest BCUT2D eigenvalue weighted by Crippen LogP contribution is 2.28. The zero-order chi connectivity index (χ0) is 14.5. The lowest BCUT2D eigenvalue weighted by Gasteiger charge is -2.10. The molecule has 1 aromatic carbocycles. The molecule has 7 heteroatoms. The maximum Gasteiger partial charge on any atom is 0.416 e. The number of carbonyl (C=O) groups is 1. The van der Waals surface area contributed by atoms with Gasteiger partial charge in [-0.2, -0.15) is 13.2 Å². The molecule has 0 aliphatic rings. The van der Waals surface area contributed by atoms with Crippen LogP contribution in [-0.4, -0.2) is 23.8 Å². The van der Waals surface area contributed by atoms with Crippen LogP contribution in [0.4, 0.5) is 18.0 Å². The van der Waals surface area contributed by atoms with Crippen molar-refractivity contribution in [1.82, 2.24) is 10.6 Å². The third kappa shape index (κ3) is 5.60. The van der Waals surface area contributed by atoms with Crippen LogP contribution in [0.15, 0.2) is 24.3 Å². The quantitative estimate of drug-likeness (QED) is 0.786. The van der Waals surface area contributed by atoms with Gasteiger partial charge < -0.3 is 15.7 Å². The highest BCUT2D eigenvalue weighted by atomic mass is 19.4. The number of carbonyl (C=O) groups excluding carboxylic acids is 1. The molecule has 0 aliphatic heterocycles. The number of hydrogen-bond donors (Lipinski definition) is 3. The maximum atomic E-state index is 12.3. The molecule has 1 atom stereocenters. The molecule has 1 aromatic rings. The van der Waals surface area contributed by atoms with Crippen molar-refractivity contribution in [3.05, 3.63) is 35.4 Å².